The number of imide groups is 1. The maximum absolute atomic E-state index is 11.2. The molecule has 0 saturated carbocycles. The van der Waals surface area contributed by atoms with Crippen molar-refractivity contribution in [1.82, 2.24) is 10.2 Å². The van der Waals surface area contributed by atoms with Gasteiger partial charge in [0.05, 0.1) is 26.2 Å². The lowest BCUT2D eigenvalue weighted by atomic mass is 10.4. The molecule has 2 rings (SSSR count). The highest BCUT2D eigenvalue weighted by molar-refractivity contribution is 6.02. The maximum atomic E-state index is 11.2. The van der Waals surface area contributed by atoms with Crippen molar-refractivity contribution < 1.29 is 14.5 Å². The first-order chi connectivity index (χ1) is 7.77. The largest absolute Gasteiger partial charge is 0.329 e. The lowest BCUT2D eigenvalue weighted by Crippen LogP contribution is -3.09. The van der Waals surface area contributed by atoms with E-state index < -0.39 is 0 Å². The second-order valence-electron chi connectivity index (χ2n) is 4.13. The summed E-state index contributed by atoms with van der Waals surface area (Å²) in [5.41, 5.74) is 0. The molecule has 16 heavy (non-hydrogen) atoms. The number of carbonyl (C=O) groups excluding carboxylic acids is 2. The standard InChI is InChI=1S/C11H15N3O2/c15-10-9-12-11(16)14(10)8-4-3-7-13-5-1-2-6-13/h1-2,5-9H2,(H,12,16)/p+1. The van der Waals surface area contributed by atoms with Crippen LogP contribution in [-0.4, -0.2) is 49.6 Å². The monoisotopic (exact) mass is 222 g/mol. The van der Waals surface area contributed by atoms with Gasteiger partial charge in [0.2, 0.25) is 0 Å². The Labute approximate surface area is 94.8 Å². The summed E-state index contributed by atoms with van der Waals surface area (Å²) < 4.78 is 0. The van der Waals surface area contributed by atoms with Gasteiger partial charge < -0.3 is 10.2 Å². The fourth-order valence-corrected chi connectivity index (χ4v) is 1.99. The van der Waals surface area contributed by atoms with E-state index in [9.17, 15) is 9.59 Å². The zero-order chi connectivity index (χ0) is 11.4. The van der Waals surface area contributed by atoms with Gasteiger partial charge in [0.25, 0.3) is 5.91 Å². The molecule has 0 aliphatic carbocycles. The minimum absolute atomic E-state index is 0.109. The van der Waals surface area contributed by atoms with Crippen LogP contribution in [0.15, 0.2) is 0 Å². The number of amides is 3. The number of likely N-dealkylation sites (tertiary alicyclic amines) is 1. The fourth-order valence-electron chi connectivity index (χ4n) is 1.99. The number of carbonyl (C=O) groups is 2. The van der Waals surface area contributed by atoms with Gasteiger partial charge in [0, 0.05) is 12.8 Å². The molecule has 5 heteroatoms. The Hall–Kier alpha value is -1.54. The Kier molecular flexibility index (Phi) is 3.42. The van der Waals surface area contributed by atoms with Gasteiger partial charge in [-0.25, -0.2) is 4.79 Å². The molecule has 5 nitrogen and oxygen atoms in total. The second-order valence-corrected chi connectivity index (χ2v) is 4.13. The molecule has 2 N–H and O–H groups in total. The van der Waals surface area contributed by atoms with E-state index >= 15 is 0 Å². The number of hydrogen-bond donors (Lipinski definition) is 2. The molecule has 2 saturated heterocycles. The van der Waals surface area contributed by atoms with Gasteiger partial charge >= 0.3 is 6.03 Å². The molecule has 2 aliphatic heterocycles. The van der Waals surface area contributed by atoms with Gasteiger partial charge in [-0.2, -0.15) is 0 Å². The number of nitrogens with zero attached hydrogens (tertiary/aromatic N) is 1. The Bertz CT molecular complexity index is 334. The summed E-state index contributed by atoms with van der Waals surface area (Å²) in [7, 11) is 0. The Balaban J connectivity index is 1.75. The van der Waals surface area contributed by atoms with Crippen molar-refractivity contribution >= 4 is 11.9 Å². The molecule has 0 aromatic heterocycles. The molecule has 0 spiro atoms. The summed E-state index contributed by atoms with van der Waals surface area (Å²) in [4.78, 5) is 25.0. The third-order valence-electron chi connectivity index (χ3n) is 2.95. The summed E-state index contributed by atoms with van der Waals surface area (Å²) >= 11 is 0. The lowest BCUT2D eigenvalue weighted by Gasteiger charge is -2.07. The summed E-state index contributed by atoms with van der Waals surface area (Å²) in [6.07, 6.45) is 2.56. The molecule has 86 valence electrons. The fraction of sp³-hybridized carbons (Fsp3) is 0.636. The normalized spacial score (nSPS) is 20.9. The van der Waals surface area contributed by atoms with Crippen LogP contribution in [0.5, 0.6) is 0 Å². The smallest absolute Gasteiger partial charge is 0.325 e. The van der Waals surface area contributed by atoms with E-state index in [0.717, 1.165) is 11.4 Å². The van der Waals surface area contributed by atoms with E-state index in [1.807, 2.05) is 0 Å². The van der Waals surface area contributed by atoms with Crippen molar-refractivity contribution in [2.24, 2.45) is 0 Å². The van der Waals surface area contributed by atoms with Crippen molar-refractivity contribution in [3.63, 3.8) is 0 Å². The summed E-state index contributed by atoms with van der Waals surface area (Å²) in [6, 6.07) is -0.326. The highest BCUT2D eigenvalue weighted by Crippen LogP contribution is 1.96. The van der Waals surface area contributed by atoms with Gasteiger partial charge in [-0.15, -0.1) is 0 Å². The van der Waals surface area contributed by atoms with Gasteiger partial charge in [0.15, 0.2) is 0 Å². The van der Waals surface area contributed by atoms with Crippen molar-refractivity contribution in [2.45, 2.75) is 12.8 Å². The molecule has 2 heterocycles. The zero-order valence-corrected chi connectivity index (χ0v) is 9.21. The van der Waals surface area contributed by atoms with Crippen LogP contribution >= 0.6 is 0 Å². The van der Waals surface area contributed by atoms with Crippen LogP contribution in [-0.2, 0) is 4.79 Å². The van der Waals surface area contributed by atoms with Gasteiger partial charge in [0.1, 0.15) is 6.54 Å². The van der Waals surface area contributed by atoms with Gasteiger partial charge in [-0.1, -0.05) is 5.92 Å². The molecule has 2 fully saturated rings. The molecular formula is C11H16N3O2+. The number of urea groups is 1. The topological polar surface area (TPSA) is 53.9 Å². The van der Waals surface area contributed by atoms with E-state index in [-0.39, 0.29) is 25.0 Å². The molecule has 0 radical (unpaired) electrons. The van der Waals surface area contributed by atoms with Crippen molar-refractivity contribution in [2.75, 3.05) is 32.7 Å². The first-order valence-electron chi connectivity index (χ1n) is 5.65. The minimum Gasteiger partial charge on any atom is -0.329 e. The van der Waals surface area contributed by atoms with Crippen LogP contribution in [0.1, 0.15) is 12.8 Å². The summed E-state index contributed by atoms with van der Waals surface area (Å²) in [6.45, 7) is 3.54. The van der Waals surface area contributed by atoms with E-state index in [0.29, 0.717) is 0 Å². The zero-order valence-electron chi connectivity index (χ0n) is 9.21. The third kappa shape index (κ3) is 2.52. The molecule has 3 amide bonds. The number of hydrogen-bond acceptors (Lipinski definition) is 2. The van der Waals surface area contributed by atoms with E-state index in [4.69, 9.17) is 0 Å². The quantitative estimate of drug-likeness (QED) is 0.429. The predicted molar refractivity (Wildman–Crippen MR) is 57.7 cm³/mol. The van der Waals surface area contributed by atoms with E-state index in [1.165, 1.54) is 30.8 Å². The number of rotatable bonds is 2. The van der Waals surface area contributed by atoms with Crippen molar-refractivity contribution in [1.29, 1.82) is 0 Å². The molecule has 0 aromatic rings. The van der Waals surface area contributed by atoms with Crippen molar-refractivity contribution in [3.05, 3.63) is 0 Å². The van der Waals surface area contributed by atoms with Gasteiger partial charge in [-0.3, -0.25) is 9.69 Å². The SMILES string of the molecule is O=C1CNC(=O)N1CC#CC[NH+]1CCCC1. The molecule has 0 bridgehead atoms. The van der Waals surface area contributed by atoms with Crippen LogP contribution < -0.4 is 10.2 Å². The van der Waals surface area contributed by atoms with Crippen LogP contribution in [0.3, 0.4) is 0 Å². The highest BCUT2D eigenvalue weighted by Gasteiger charge is 2.27. The average Bonchev–Trinajstić information content (AvgIpc) is 2.87. The summed E-state index contributed by atoms with van der Waals surface area (Å²) in [5, 5.41) is 2.47. The van der Waals surface area contributed by atoms with E-state index in [1.54, 1.807) is 0 Å². The molecule has 2 aliphatic rings. The molecule has 0 aromatic carbocycles. The number of quaternary nitrogens is 1. The molecular weight excluding hydrogens is 206 g/mol. The predicted octanol–water partition coefficient (Wildman–Crippen LogP) is -1.78. The summed E-state index contributed by atoms with van der Waals surface area (Å²) in [5.74, 6) is 5.74. The average molecular weight is 222 g/mol. The van der Waals surface area contributed by atoms with Crippen LogP contribution in [0.2, 0.25) is 0 Å². The molecule has 0 atom stereocenters. The maximum Gasteiger partial charge on any atom is 0.325 e. The van der Waals surface area contributed by atoms with Crippen molar-refractivity contribution in [3.8, 4) is 11.8 Å². The van der Waals surface area contributed by atoms with Crippen LogP contribution in [0.25, 0.3) is 0 Å². The minimum atomic E-state index is -0.326. The van der Waals surface area contributed by atoms with Gasteiger partial charge in [-0.05, 0) is 5.92 Å². The lowest BCUT2D eigenvalue weighted by molar-refractivity contribution is -0.879. The number of nitrogens with one attached hydrogen (secondary N) is 2. The third-order valence-corrected chi connectivity index (χ3v) is 2.95. The highest BCUT2D eigenvalue weighted by atomic mass is 16.2. The second kappa shape index (κ2) is 4.99. The first kappa shape index (κ1) is 11.0. The van der Waals surface area contributed by atoms with Crippen LogP contribution in [0, 0.1) is 11.8 Å². The Morgan fingerprint density at radius 3 is 2.62 bits per heavy atom. The first-order valence-corrected chi connectivity index (χ1v) is 5.65. The molecule has 0 unspecified atom stereocenters. The Morgan fingerprint density at radius 2 is 2.00 bits per heavy atom. The Morgan fingerprint density at radius 1 is 1.25 bits per heavy atom. The van der Waals surface area contributed by atoms with Crippen LogP contribution in [0.4, 0.5) is 4.79 Å². The van der Waals surface area contributed by atoms with E-state index in [2.05, 4.69) is 17.2 Å².